The minimum Gasteiger partial charge on any atom is -0.318 e. The van der Waals surface area contributed by atoms with Gasteiger partial charge in [-0.05, 0) is 26.8 Å². The van der Waals surface area contributed by atoms with E-state index in [0.717, 1.165) is 17.8 Å². The number of aryl methyl sites for hydroxylation is 2. The molecule has 0 aliphatic rings. The molecule has 0 atom stereocenters. The standard InChI is InChI=1S/C16H21N7O/c1-4-22-12(3)13(8-19-22)10-21-11-14(9-18-21)20-16(24)15-6-7-17-23(15)5-2/h6-9,11H,4-5,10H2,1-3H3,(H,20,24). The summed E-state index contributed by atoms with van der Waals surface area (Å²) in [6.07, 6.45) is 6.94. The smallest absolute Gasteiger partial charge is 0.274 e. The predicted octanol–water partition coefficient (Wildman–Crippen LogP) is 1.92. The van der Waals surface area contributed by atoms with Crippen LogP contribution in [0.1, 0.15) is 35.6 Å². The number of nitrogens with one attached hydrogen (secondary N) is 1. The van der Waals surface area contributed by atoms with Crippen LogP contribution in [0.4, 0.5) is 5.69 Å². The zero-order chi connectivity index (χ0) is 17.1. The third-order valence-electron chi connectivity index (χ3n) is 3.98. The maximum atomic E-state index is 12.3. The minimum absolute atomic E-state index is 0.191. The summed E-state index contributed by atoms with van der Waals surface area (Å²) in [7, 11) is 0. The number of nitrogens with zero attached hydrogens (tertiary/aromatic N) is 6. The molecule has 8 heteroatoms. The maximum Gasteiger partial charge on any atom is 0.274 e. The van der Waals surface area contributed by atoms with Gasteiger partial charge in [0.1, 0.15) is 5.69 Å². The van der Waals surface area contributed by atoms with E-state index < -0.39 is 0 Å². The van der Waals surface area contributed by atoms with Gasteiger partial charge in [-0.2, -0.15) is 15.3 Å². The van der Waals surface area contributed by atoms with Crippen molar-refractivity contribution < 1.29 is 4.79 Å². The van der Waals surface area contributed by atoms with Crippen LogP contribution in [0.2, 0.25) is 0 Å². The van der Waals surface area contributed by atoms with Gasteiger partial charge in [0.2, 0.25) is 0 Å². The van der Waals surface area contributed by atoms with E-state index >= 15 is 0 Å². The molecule has 0 radical (unpaired) electrons. The number of rotatable bonds is 6. The molecule has 126 valence electrons. The molecule has 3 rings (SSSR count). The van der Waals surface area contributed by atoms with Gasteiger partial charge in [0.25, 0.3) is 5.91 Å². The monoisotopic (exact) mass is 327 g/mol. The highest BCUT2D eigenvalue weighted by Gasteiger charge is 2.13. The average molecular weight is 327 g/mol. The number of carbonyl (C=O) groups is 1. The Hall–Kier alpha value is -2.90. The van der Waals surface area contributed by atoms with Crippen LogP contribution in [-0.4, -0.2) is 35.2 Å². The first-order valence-corrected chi connectivity index (χ1v) is 7.99. The predicted molar refractivity (Wildman–Crippen MR) is 89.8 cm³/mol. The molecule has 1 amide bonds. The Balaban J connectivity index is 1.69. The van der Waals surface area contributed by atoms with Crippen molar-refractivity contribution in [3.8, 4) is 0 Å². The summed E-state index contributed by atoms with van der Waals surface area (Å²) < 4.78 is 5.40. The molecule has 0 bridgehead atoms. The molecule has 0 spiro atoms. The third kappa shape index (κ3) is 3.08. The quantitative estimate of drug-likeness (QED) is 0.750. The van der Waals surface area contributed by atoms with E-state index in [9.17, 15) is 4.79 Å². The van der Waals surface area contributed by atoms with E-state index in [4.69, 9.17) is 0 Å². The molecule has 0 aliphatic carbocycles. The highest BCUT2D eigenvalue weighted by molar-refractivity contribution is 6.02. The van der Waals surface area contributed by atoms with Gasteiger partial charge in [-0.15, -0.1) is 0 Å². The topological polar surface area (TPSA) is 82.6 Å². The lowest BCUT2D eigenvalue weighted by Gasteiger charge is -2.05. The van der Waals surface area contributed by atoms with Crippen LogP contribution in [0, 0.1) is 6.92 Å². The van der Waals surface area contributed by atoms with Crippen molar-refractivity contribution >= 4 is 11.6 Å². The fourth-order valence-corrected chi connectivity index (χ4v) is 2.62. The SMILES string of the molecule is CCn1nccc1C(=O)Nc1cnn(Cc2cnn(CC)c2C)c1. The van der Waals surface area contributed by atoms with Crippen molar-refractivity contribution in [3.63, 3.8) is 0 Å². The zero-order valence-corrected chi connectivity index (χ0v) is 14.1. The van der Waals surface area contributed by atoms with E-state index in [0.29, 0.717) is 24.5 Å². The van der Waals surface area contributed by atoms with Gasteiger partial charge in [-0.3, -0.25) is 18.8 Å². The molecule has 3 aromatic heterocycles. The second-order valence-corrected chi connectivity index (χ2v) is 5.48. The number of anilines is 1. The van der Waals surface area contributed by atoms with Crippen molar-refractivity contribution in [3.05, 3.63) is 47.8 Å². The van der Waals surface area contributed by atoms with E-state index in [-0.39, 0.29) is 5.91 Å². The Bertz CT molecular complexity index is 842. The van der Waals surface area contributed by atoms with Gasteiger partial charge in [-0.1, -0.05) is 0 Å². The fraction of sp³-hybridized carbons (Fsp3) is 0.375. The molecular formula is C16H21N7O. The van der Waals surface area contributed by atoms with Crippen LogP contribution in [0.25, 0.3) is 0 Å². The number of amides is 1. The summed E-state index contributed by atoms with van der Waals surface area (Å²) in [5.41, 5.74) is 3.43. The van der Waals surface area contributed by atoms with E-state index in [1.807, 2.05) is 30.9 Å². The molecule has 0 aromatic carbocycles. The molecule has 8 nitrogen and oxygen atoms in total. The summed E-state index contributed by atoms with van der Waals surface area (Å²) in [6.45, 7) is 8.17. The molecule has 0 saturated carbocycles. The Kier molecular flexibility index (Phi) is 4.45. The van der Waals surface area contributed by atoms with E-state index in [1.165, 1.54) is 0 Å². The highest BCUT2D eigenvalue weighted by atomic mass is 16.2. The maximum absolute atomic E-state index is 12.3. The summed E-state index contributed by atoms with van der Waals surface area (Å²) in [5, 5.41) is 15.6. The van der Waals surface area contributed by atoms with Gasteiger partial charge >= 0.3 is 0 Å². The number of hydrogen-bond acceptors (Lipinski definition) is 4. The molecule has 3 heterocycles. The van der Waals surface area contributed by atoms with Crippen molar-refractivity contribution in [1.29, 1.82) is 0 Å². The number of hydrogen-bond donors (Lipinski definition) is 1. The van der Waals surface area contributed by atoms with Gasteiger partial charge < -0.3 is 5.32 Å². The lowest BCUT2D eigenvalue weighted by atomic mass is 10.2. The zero-order valence-electron chi connectivity index (χ0n) is 14.1. The Morgan fingerprint density at radius 3 is 2.62 bits per heavy atom. The van der Waals surface area contributed by atoms with Crippen molar-refractivity contribution in [2.75, 3.05) is 5.32 Å². The van der Waals surface area contributed by atoms with Gasteiger partial charge in [0, 0.05) is 36.7 Å². The Morgan fingerprint density at radius 2 is 1.92 bits per heavy atom. The second-order valence-electron chi connectivity index (χ2n) is 5.48. The van der Waals surface area contributed by atoms with Crippen LogP contribution in [0.3, 0.4) is 0 Å². The largest absolute Gasteiger partial charge is 0.318 e. The Morgan fingerprint density at radius 1 is 1.12 bits per heavy atom. The molecule has 0 aliphatic heterocycles. The molecule has 0 saturated heterocycles. The summed E-state index contributed by atoms with van der Waals surface area (Å²) in [6, 6.07) is 1.70. The first-order valence-electron chi connectivity index (χ1n) is 7.99. The van der Waals surface area contributed by atoms with Gasteiger partial charge in [0.05, 0.1) is 24.6 Å². The first kappa shape index (κ1) is 16.0. The molecular weight excluding hydrogens is 306 g/mol. The highest BCUT2D eigenvalue weighted by Crippen LogP contribution is 2.12. The summed E-state index contributed by atoms with van der Waals surface area (Å²) >= 11 is 0. The lowest BCUT2D eigenvalue weighted by Crippen LogP contribution is -2.17. The van der Waals surface area contributed by atoms with Crippen molar-refractivity contribution in [2.45, 2.75) is 40.4 Å². The average Bonchev–Trinajstić information content (AvgIpc) is 3.29. The molecule has 1 N–H and O–H groups in total. The Labute approximate surface area is 140 Å². The third-order valence-corrected chi connectivity index (χ3v) is 3.98. The van der Waals surface area contributed by atoms with Crippen LogP contribution < -0.4 is 5.32 Å². The molecule has 24 heavy (non-hydrogen) atoms. The number of aromatic nitrogens is 6. The normalized spacial score (nSPS) is 11.0. The molecule has 0 unspecified atom stereocenters. The first-order chi connectivity index (χ1) is 11.6. The summed E-state index contributed by atoms with van der Waals surface area (Å²) in [4.78, 5) is 12.3. The van der Waals surface area contributed by atoms with Gasteiger partial charge in [0.15, 0.2) is 0 Å². The minimum atomic E-state index is -0.191. The van der Waals surface area contributed by atoms with Crippen LogP contribution in [0.5, 0.6) is 0 Å². The van der Waals surface area contributed by atoms with E-state index in [1.54, 1.807) is 27.8 Å². The van der Waals surface area contributed by atoms with Crippen LogP contribution in [-0.2, 0) is 19.6 Å². The van der Waals surface area contributed by atoms with E-state index in [2.05, 4.69) is 27.5 Å². The lowest BCUT2D eigenvalue weighted by molar-refractivity contribution is 0.101. The molecule has 0 fully saturated rings. The summed E-state index contributed by atoms with van der Waals surface area (Å²) in [5.74, 6) is -0.191. The van der Waals surface area contributed by atoms with Gasteiger partial charge in [-0.25, -0.2) is 0 Å². The fourth-order valence-electron chi connectivity index (χ4n) is 2.62. The molecule has 3 aromatic rings. The van der Waals surface area contributed by atoms with Crippen LogP contribution in [0.15, 0.2) is 30.9 Å². The van der Waals surface area contributed by atoms with Crippen LogP contribution >= 0.6 is 0 Å². The van der Waals surface area contributed by atoms with Crippen molar-refractivity contribution in [2.24, 2.45) is 0 Å². The van der Waals surface area contributed by atoms with Crippen molar-refractivity contribution in [1.82, 2.24) is 29.3 Å². The number of carbonyl (C=O) groups excluding carboxylic acids is 1. The second kappa shape index (κ2) is 6.69.